The van der Waals surface area contributed by atoms with Gasteiger partial charge in [0, 0.05) is 19.3 Å². The Morgan fingerprint density at radius 1 is 1.00 bits per heavy atom. The number of rotatable bonds is 1. The minimum Gasteiger partial charge on any atom is -0.258 e. The summed E-state index contributed by atoms with van der Waals surface area (Å²) in [7, 11) is 0. The first kappa shape index (κ1) is 15.4. The van der Waals surface area contributed by atoms with Crippen LogP contribution < -0.4 is 0 Å². The van der Waals surface area contributed by atoms with Crippen LogP contribution in [0, 0.1) is 24.2 Å². The summed E-state index contributed by atoms with van der Waals surface area (Å²) in [4.78, 5) is 9.71. The molecule has 0 aliphatic heterocycles. The molecule has 0 aliphatic rings. The van der Waals surface area contributed by atoms with E-state index in [1.807, 2.05) is 0 Å². The first-order valence-electron chi connectivity index (χ1n) is 5.12. The van der Waals surface area contributed by atoms with Gasteiger partial charge in [-0.05, 0) is 75.9 Å². The summed E-state index contributed by atoms with van der Waals surface area (Å²) in [6.07, 6.45) is 0. The molecule has 0 amide bonds. The van der Waals surface area contributed by atoms with Crippen molar-refractivity contribution in [3.8, 4) is 0 Å². The van der Waals surface area contributed by atoms with Gasteiger partial charge in [-0.25, -0.2) is 0 Å². The molecule has 3 nitrogen and oxygen atoms in total. The molecular formula is C13H11I2NO2. The average molecular weight is 467 g/mol. The lowest BCUT2D eigenvalue weighted by molar-refractivity contribution is -0.384. The van der Waals surface area contributed by atoms with Crippen LogP contribution in [0.1, 0.15) is 5.56 Å². The lowest BCUT2D eigenvalue weighted by atomic mass is 10.2. The first-order valence-corrected chi connectivity index (χ1v) is 7.27. The van der Waals surface area contributed by atoms with Crippen molar-refractivity contribution in [1.29, 1.82) is 0 Å². The van der Waals surface area contributed by atoms with E-state index in [0.29, 0.717) is 0 Å². The van der Waals surface area contributed by atoms with E-state index in [4.69, 9.17) is 0 Å². The van der Waals surface area contributed by atoms with Crippen LogP contribution in [0.5, 0.6) is 0 Å². The smallest absolute Gasteiger partial charge is 0.258 e. The molecule has 0 N–H and O–H groups in total. The van der Waals surface area contributed by atoms with E-state index in [2.05, 4.69) is 76.4 Å². The van der Waals surface area contributed by atoms with Crippen molar-refractivity contribution in [1.82, 2.24) is 0 Å². The molecule has 0 spiro atoms. The van der Waals surface area contributed by atoms with E-state index in [9.17, 15) is 10.1 Å². The summed E-state index contributed by atoms with van der Waals surface area (Å²) in [6.45, 7) is 2.11. The third-order valence-corrected chi connectivity index (χ3v) is 4.04. The highest BCUT2D eigenvalue weighted by molar-refractivity contribution is 14.1. The molecule has 5 heteroatoms. The molecule has 2 aromatic rings. The molecule has 0 aromatic heterocycles. The summed E-state index contributed by atoms with van der Waals surface area (Å²) in [6, 6.07) is 14.7. The van der Waals surface area contributed by atoms with Crippen LogP contribution >= 0.6 is 45.2 Å². The van der Waals surface area contributed by atoms with E-state index in [1.54, 1.807) is 12.1 Å². The lowest BCUT2D eigenvalue weighted by Crippen LogP contribution is -1.86. The van der Waals surface area contributed by atoms with Gasteiger partial charge in [0.25, 0.3) is 5.69 Å². The van der Waals surface area contributed by atoms with Crippen LogP contribution in [-0.2, 0) is 0 Å². The standard InChI is InChI=1S/C7H7I.C6H4INO2/c1-6-4-2-3-5-7(6)8;7-5-1-3-6(4-2-5)8(9)10/h2-5H,1H3;1-4H. The quantitative estimate of drug-likeness (QED) is 0.344. The van der Waals surface area contributed by atoms with Gasteiger partial charge in [0.05, 0.1) is 4.92 Å². The number of hydrogen-bond donors (Lipinski definition) is 0. The highest BCUT2D eigenvalue weighted by Crippen LogP contribution is 2.12. The number of aryl methyl sites for hydroxylation is 1. The molecule has 0 atom stereocenters. The Morgan fingerprint density at radius 2 is 1.56 bits per heavy atom. The molecule has 2 rings (SSSR count). The summed E-state index contributed by atoms with van der Waals surface area (Å²) >= 11 is 4.42. The Labute approximate surface area is 133 Å². The molecule has 0 radical (unpaired) electrons. The van der Waals surface area contributed by atoms with Gasteiger partial charge in [0.15, 0.2) is 0 Å². The van der Waals surface area contributed by atoms with Gasteiger partial charge < -0.3 is 0 Å². The first-order chi connectivity index (χ1) is 8.50. The van der Waals surface area contributed by atoms with Crippen molar-refractivity contribution in [2.45, 2.75) is 6.92 Å². The molecule has 0 saturated heterocycles. The van der Waals surface area contributed by atoms with E-state index in [0.717, 1.165) is 3.57 Å². The predicted octanol–water partition coefficient (Wildman–Crippen LogP) is 4.80. The predicted molar refractivity (Wildman–Crippen MR) is 89.7 cm³/mol. The van der Waals surface area contributed by atoms with Crippen molar-refractivity contribution in [2.24, 2.45) is 0 Å². The van der Waals surface area contributed by atoms with Crippen molar-refractivity contribution in [3.05, 3.63) is 71.3 Å². The fourth-order valence-electron chi connectivity index (χ4n) is 1.11. The monoisotopic (exact) mass is 467 g/mol. The summed E-state index contributed by atoms with van der Waals surface area (Å²) in [5.41, 5.74) is 1.49. The van der Waals surface area contributed by atoms with Crippen LogP contribution in [0.15, 0.2) is 48.5 Å². The van der Waals surface area contributed by atoms with Gasteiger partial charge in [-0.1, -0.05) is 18.2 Å². The molecule has 94 valence electrons. The average Bonchev–Trinajstić information content (AvgIpc) is 2.34. The highest BCUT2D eigenvalue weighted by Gasteiger charge is 2.01. The molecule has 2 aromatic carbocycles. The largest absolute Gasteiger partial charge is 0.269 e. The highest BCUT2D eigenvalue weighted by atomic mass is 127. The molecule has 0 aliphatic carbocycles. The maximum Gasteiger partial charge on any atom is 0.269 e. The third-order valence-electron chi connectivity index (χ3n) is 2.11. The van der Waals surface area contributed by atoms with Crippen LogP contribution in [0.4, 0.5) is 5.69 Å². The van der Waals surface area contributed by atoms with E-state index >= 15 is 0 Å². The zero-order chi connectivity index (χ0) is 13.5. The number of benzene rings is 2. The van der Waals surface area contributed by atoms with Crippen LogP contribution in [-0.4, -0.2) is 4.92 Å². The fourth-order valence-corrected chi connectivity index (χ4v) is 1.86. The number of non-ortho nitro benzene ring substituents is 1. The number of nitro benzene ring substituents is 1. The van der Waals surface area contributed by atoms with Gasteiger partial charge in [0.2, 0.25) is 0 Å². The second-order valence-corrected chi connectivity index (χ2v) is 5.89. The lowest BCUT2D eigenvalue weighted by Gasteiger charge is -1.91. The van der Waals surface area contributed by atoms with Crippen molar-refractivity contribution >= 4 is 50.9 Å². The summed E-state index contributed by atoms with van der Waals surface area (Å²) in [5, 5.41) is 10.1. The molecule has 0 bridgehead atoms. The Balaban J connectivity index is 0.000000184. The van der Waals surface area contributed by atoms with E-state index in [1.165, 1.54) is 21.3 Å². The Kier molecular flexibility index (Phi) is 6.55. The van der Waals surface area contributed by atoms with Gasteiger partial charge in [-0.15, -0.1) is 0 Å². The van der Waals surface area contributed by atoms with Crippen LogP contribution in [0.3, 0.4) is 0 Å². The van der Waals surface area contributed by atoms with Crippen LogP contribution in [0.2, 0.25) is 0 Å². The van der Waals surface area contributed by atoms with Gasteiger partial charge in [-0.2, -0.15) is 0 Å². The van der Waals surface area contributed by atoms with Crippen molar-refractivity contribution in [3.63, 3.8) is 0 Å². The fraction of sp³-hybridized carbons (Fsp3) is 0.0769. The topological polar surface area (TPSA) is 43.1 Å². The number of halogens is 2. The summed E-state index contributed by atoms with van der Waals surface area (Å²) in [5.74, 6) is 0. The zero-order valence-electron chi connectivity index (χ0n) is 9.64. The molecular weight excluding hydrogens is 456 g/mol. The van der Waals surface area contributed by atoms with Crippen molar-refractivity contribution in [2.75, 3.05) is 0 Å². The normalized spacial score (nSPS) is 9.28. The van der Waals surface area contributed by atoms with Gasteiger partial charge >= 0.3 is 0 Å². The number of nitrogens with zero attached hydrogens (tertiary/aromatic N) is 1. The van der Waals surface area contributed by atoms with E-state index < -0.39 is 4.92 Å². The Morgan fingerprint density at radius 3 is 1.94 bits per heavy atom. The van der Waals surface area contributed by atoms with E-state index in [-0.39, 0.29) is 5.69 Å². The molecule has 0 saturated carbocycles. The molecule has 18 heavy (non-hydrogen) atoms. The Bertz CT molecular complexity index is 506. The minimum atomic E-state index is -0.407. The SMILES string of the molecule is Cc1ccccc1I.O=[N+]([O-])c1ccc(I)cc1. The second kappa shape index (κ2) is 7.67. The Hall–Kier alpha value is -0.700. The molecule has 0 heterocycles. The minimum absolute atomic E-state index is 0.139. The maximum absolute atomic E-state index is 10.1. The number of nitro groups is 1. The molecule has 0 fully saturated rings. The third kappa shape index (κ3) is 5.30. The van der Waals surface area contributed by atoms with Gasteiger partial charge in [-0.3, -0.25) is 10.1 Å². The number of hydrogen-bond acceptors (Lipinski definition) is 2. The van der Waals surface area contributed by atoms with Gasteiger partial charge in [0.1, 0.15) is 0 Å². The van der Waals surface area contributed by atoms with Crippen LogP contribution in [0.25, 0.3) is 0 Å². The zero-order valence-corrected chi connectivity index (χ0v) is 14.0. The molecule has 0 unspecified atom stereocenters. The second-order valence-electron chi connectivity index (χ2n) is 3.48. The summed E-state index contributed by atoms with van der Waals surface area (Å²) < 4.78 is 2.34. The van der Waals surface area contributed by atoms with Crippen molar-refractivity contribution < 1.29 is 4.92 Å². The maximum atomic E-state index is 10.1.